The summed E-state index contributed by atoms with van der Waals surface area (Å²) in [7, 11) is 1.66. The summed E-state index contributed by atoms with van der Waals surface area (Å²) in [5.41, 5.74) is 1.22. The molecule has 0 radical (unpaired) electrons. The number of amidine groups is 1. The van der Waals surface area contributed by atoms with E-state index in [0.29, 0.717) is 0 Å². The highest BCUT2D eigenvalue weighted by atomic mass is 35.5. The number of halogens is 1. The quantitative estimate of drug-likeness (QED) is 0.868. The van der Waals surface area contributed by atoms with Gasteiger partial charge in [0.1, 0.15) is 17.3 Å². The highest BCUT2D eigenvalue weighted by Gasteiger charge is 2.28. The SMILES string of the molecule is COc1ccc2c(c1)OC(C1=NCCN1)C2.Cl. The third kappa shape index (κ3) is 2.17. The summed E-state index contributed by atoms with van der Waals surface area (Å²) in [5, 5.41) is 3.26. The lowest BCUT2D eigenvalue weighted by Gasteiger charge is -2.10. The van der Waals surface area contributed by atoms with Gasteiger partial charge in [0, 0.05) is 19.0 Å². The number of fused-ring (bicyclic) bond motifs is 1. The molecule has 0 aliphatic carbocycles. The first kappa shape index (κ1) is 12.0. The van der Waals surface area contributed by atoms with E-state index in [4.69, 9.17) is 9.47 Å². The van der Waals surface area contributed by atoms with E-state index in [0.717, 1.165) is 36.8 Å². The van der Waals surface area contributed by atoms with Gasteiger partial charge in [-0.25, -0.2) is 0 Å². The molecule has 3 rings (SSSR count). The number of aliphatic imine (C=N–C) groups is 1. The Labute approximate surface area is 106 Å². The van der Waals surface area contributed by atoms with E-state index in [1.54, 1.807) is 7.11 Å². The van der Waals surface area contributed by atoms with Crippen LogP contribution in [0.4, 0.5) is 0 Å². The zero-order chi connectivity index (χ0) is 11.0. The van der Waals surface area contributed by atoms with Gasteiger partial charge in [-0.05, 0) is 11.6 Å². The lowest BCUT2D eigenvalue weighted by Crippen LogP contribution is -2.34. The minimum absolute atomic E-state index is 0. The van der Waals surface area contributed by atoms with Crippen molar-refractivity contribution in [2.24, 2.45) is 4.99 Å². The van der Waals surface area contributed by atoms with Gasteiger partial charge in [0.15, 0.2) is 6.10 Å². The van der Waals surface area contributed by atoms with Crippen LogP contribution in [0.15, 0.2) is 23.2 Å². The molecule has 5 heteroatoms. The molecule has 1 aromatic rings. The third-order valence-corrected chi connectivity index (χ3v) is 2.95. The van der Waals surface area contributed by atoms with Gasteiger partial charge in [0.05, 0.1) is 13.7 Å². The minimum atomic E-state index is 0. The van der Waals surface area contributed by atoms with E-state index < -0.39 is 0 Å². The first-order valence-corrected chi connectivity index (χ1v) is 5.48. The Bertz CT molecular complexity index is 448. The van der Waals surface area contributed by atoms with Crippen LogP contribution in [0.1, 0.15) is 5.56 Å². The second-order valence-electron chi connectivity index (χ2n) is 3.98. The largest absolute Gasteiger partial charge is 0.497 e. The molecule has 0 spiro atoms. The molecule has 2 aliphatic heterocycles. The van der Waals surface area contributed by atoms with Gasteiger partial charge in [-0.2, -0.15) is 0 Å². The summed E-state index contributed by atoms with van der Waals surface area (Å²) in [4.78, 5) is 4.39. The van der Waals surface area contributed by atoms with Crippen molar-refractivity contribution in [2.45, 2.75) is 12.5 Å². The monoisotopic (exact) mass is 254 g/mol. The van der Waals surface area contributed by atoms with Crippen molar-refractivity contribution >= 4 is 18.2 Å². The number of rotatable bonds is 2. The second-order valence-corrected chi connectivity index (χ2v) is 3.98. The maximum absolute atomic E-state index is 5.86. The summed E-state index contributed by atoms with van der Waals surface area (Å²) in [6.45, 7) is 1.78. The Hall–Kier alpha value is -1.42. The Kier molecular flexibility index (Phi) is 3.43. The van der Waals surface area contributed by atoms with Crippen molar-refractivity contribution in [3.63, 3.8) is 0 Å². The number of nitrogens with one attached hydrogen (secondary N) is 1. The van der Waals surface area contributed by atoms with Gasteiger partial charge in [-0.15, -0.1) is 12.4 Å². The van der Waals surface area contributed by atoms with E-state index in [-0.39, 0.29) is 18.5 Å². The molecule has 0 amide bonds. The third-order valence-electron chi connectivity index (χ3n) is 2.95. The van der Waals surface area contributed by atoms with E-state index in [9.17, 15) is 0 Å². The van der Waals surface area contributed by atoms with Gasteiger partial charge >= 0.3 is 0 Å². The lowest BCUT2D eigenvalue weighted by atomic mass is 10.1. The van der Waals surface area contributed by atoms with Crippen LogP contribution in [0, 0.1) is 0 Å². The summed E-state index contributed by atoms with van der Waals surface area (Å²) in [5.74, 6) is 2.73. The summed E-state index contributed by atoms with van der Waals surface area (Å²) >= 11 is 0. The zero-order valence-electron chi connectivity index (χ0n) is 9.60. The number of benzene rings is 1. The van der Waals surface area contributed by atoms with Crippen LogP contribution in [-0.2, 0) is 6.42 Å². The van der Waals surface area contributed by atoms with Gasteiger partial charge in [-0.1, -0.05) is 6.07 Å². The van der Waals surface area contributed by atoms with Crippen molar-refractivity contribution < 1.29 is 9.47 Å². The van der Waals surface area contributed by atoms with Crippen molar-refractivity contribution in [1.29, 1.82) is 0 Å². The number of nitrogens with zero attached hydrogens (tertiary/aromatic N) is 1. The first-order valence-electron chi connectivity index (χ1n) is 5.48. The number of hydrogen-bond acceptors (Lipinski definition) is 4. The normalized spacial score (nSPS) is 20.8. The van der Waals surface area contributed by atoms with Gasteiger partial charge < -0.3 is 14.8 Å². The van der Waals surface area contributed by atoms with Crippen LogP contribution in [0.25, 0.3) is 0 Å². The van der Waals surface area contributed by atoms with Crippen molar-refractivity contribution in [3.05, 3.63) is 23.8 Å². The van der Waals surface area contributed by atoms with Gasteiger partial charge in [-0.3, -0.25) is 4.99 Å². The molecule has 1 aromatic carbocycles. The number of hydrogen-bond donors (Lipinski definition) is 1. The fourth-order valence-corrected chi connectivity index (χ4v) is 2.12. The van der Waals surface area contributed by atoms with Gasteiger partial charge in [0.25, 0.3) is 0 Å². The molecule has 0 fully saturated rings. The average molecular weight is 255 g/mol. The Morgan fingerprint density at radius 1 is 1.47 bits per heavy atom. The Balaban J connectivity index is 0.00000108. The fraction of sp³-hybridized carbons (Fsp3) is 0.417. The molecule has 1 unspecified atom stereocenters. The topological polar surface area (TPSA) is 42.9 Å². The van der Waals surface area contributed by atoms with Crippen LogP contribution in [0.2, 0.25) is 0 Å². The molecule has 17 heavy (non-hydrogen) atoms. The molecule has 1 N–H and O–H groups in total. The Morgan fingerprint density at radius 3 is 3.06 bits per heavy atom. The van der Waals surface area contributed by atoms with Crippen LogP contribution in [-0.4, -0.2) is 32.1 Å². The van der Waals surface area contributed by atoms with E-state index in [2.05, 4.69) is 16.4 Å². The summed E-state index contributed by atoms with van der Waals surface area (Å²) in [6.07, 6.45) is 0.954. The first-order chi connectivity index (χ1) is 7.86. The Morgan fingerprint density at radius 2 is 2.35 bits per heavy atom. The lowest BCUT2D eigenvalue weighted by molar-refractivity contribution is 0.296. The number of ether oxygens (including phenoxy) is 2. The summed E-state index contributed by atoms with van der Waals surface area (Å²) < 4.78 is 11.0. The average Bonchev–Trinajstić information content (AvgIpc) is 2.96. The van der Waals surface area contributed by atoms with Crippen LogP contribution < -0.4 is 14.8 Å². The molecule has 0 aromatic heterocycles. The molecule has 4 nitrogen and oxygen atoms in total. The maximum atomic E-state index is 5.86. The summed E-state index contributed by atoms with van der Waals surface area (Å²) in [6, 6.07) is 5.96. The predicted octanol–water partition coefficient (Wildman–Crippen LogP) is 1.42. The maximum Gasteiger partial charge on any atom is 0.159 e. The van der Waals surface area contributed by atoms with E-state index >= 15 is 0 Å². The molecule has 0 saturated carbocycles. The van der Waals surface area contributed by atoms with Crippen molar-refractivity contribution in [2.75, 3.05) is 20.2 Å². The molecule has 1 atom stereocenters. The molecular weight excluding hydrogens is 240 g/mol. The smallest absolute Gasteiger partial charge is 0.159 e. The molecule has 0 bridgehead atoms. The van der Waals surface area contributed by atoms with Crippen LogP contribution >= 0.6 is 12.4 Å². The highest BCUT2D eigenvalue weighted by Crippen LogP contribution is 2.32. The van der Waals surface area contributed by atoms with Gasteiger partial charge in [0.2, 0.25) is 0 Å². The molecule has 0 saturated heterocycles. The molecular formula is C12H15ClN2O2. The number of methoxy groups -OCH3 is 1. The molecule has 2 heterocycles. The van der Waals surface area contributed by atoms with Crippen LogP contribution in [0.5, 0.6) is 11.5 Å². The predicted molar refractivity (Wildman–Crippen MR) is 68.7 cm³/mol. The molecule has 2 aliphatic rings. The second kappa shape index (κ2) is 4.84. The van der Waals surface area contributed by atoms with E-state index in [1.807, 2.05) is 12.1 Å². The minimum Gasteiger partial charge on any atom is -0.497 e. The fourth-order valence-electron chi connectivity index (χ4n) is 2.12. The highest BCUT2D eigenvalue weighted by molar-refractivity contribution is 5.89. The van der Waals surface area contributed by atoms with Crippen LogP contribution in [0.3, 0.4) is 0 Å². The molecule has 92 valence electrons. The standard InChI is InChI=1S/C12H14N2O2.ClH/c1-15-9-3-2-8-6-11(16-10(8)7-9)12-13-4-5-14-12;/h2-3,7,11H,4-6H2,1H3,(H,13,14);1H. The van der Waals surface area contributed by atoms with E-state index in [1.165, 1.54) is 5.56 Å². The van der Waals surface area contributed by atoms with Crippen molar-refractivity contribution in [1.82, 2.24) is 5.32 Å². The van der Waals surface area contributed by atoms with Crippen molar-refractivity contribution in [3.8, 4) is 11.5 Å². The zero-order valence-corrected chi connectivity index (χ0v) is 10.4.